The highest BCUT2D eigenvalue weighted by atomic mass is 79.9. The van der Waals surface area contributed by atoms with E-state index in [0.717, 1.165) is 15.4 Å². The van der Waals surface area contributed by atoms with Crippen LogP contribution in [0.3, 0.4) is 0 Å². The van der Waals surface area contributed by atoms with E-state index in [4.69, 9.17) is 4.74 Å². The molecule has 104 valence electrons. The van der Waals surface area contributed by atoms with E-state index >= 15 is 0 Å². The van der Waals surface area contributed by atoms with Gasteiger partial charge in [0.25, 0.3) is 5.91 Å². The van der Waals surface area contributed by atoms with Crippen LogP contribution < -0.4 is 5.32 Å². The summed E-state index contributed by atoms with van der Waals surface area (Å²) in [6.07, 6.45) is 3.39. The molecule has 5 nitrogen and oxygen atoms in total. The molecule has 2 atom stereocenters. The maximum atomic E-state index is 12.2. The number of halogens is 1. The van der Waals surface area contributed by atoms with E-state index in [1.807, 2.05) is 6.07 Å². The summed E-state index contributed by atoms with van der Waals surface area (Å²) in [5.41, 5.74) is 1.15. The molecule has 1 saturated heterocycles. The number of hydrogen-bond acceptors (Lipinski definition) is 4. The fourth-order valence-corrected chi connectivity index (χ4v) is 2.66. The summed E-state index contributed by atoms with van der Waals surface area (Å²) in [6.45, 7) is 3.31. The van der Waals surface area contributed by atoms with E-state index < -0.39 is 0 Å². The van der Waals surface area contributed by atoms with E-state index in [-0.39, 0.29) is 11.9 Å². The molecule has 0 aliphatic carbocycles. The first kappa shape index (κ1) is 13.5. The van der Waals surface area contributed by atoms with Crippen LogP contribution in [0.4, 0.5) is 0 Å². The highest BCUT2D eigenvalue weighted by Crippen LogP contribution is 2.21. The molecule has 0 spiro atoms. The molecule has 1 aliphatic rings. The fourth-order valence-electron chi connectivity index (χ4n) is 2.22. The zero-order valence-corrected chi connectivity index (χ0v) is 12.6. The van der Waals surface area contributed by atoms with Gasteiger partial charge in [-0.05, 0) is 28.1 Å². The van der Waals surface area contributed by atoms with E-state index in [0.29, 0.717) is 24.8 Å². The number of carbonyl (C=O) groups excluding carboxylic acids is 1. The van der Waals surface area contributed by atoms with Crippen LogP contribution in [0, 0.1) is 5.92 Å². The van der Waals surface area contributed by atoms with Crippen LogP contribution in [0.15, 0.2) is 29.0 Å². The molecule has 1 fully saturated rings. The van der Waals surface area contributed by atoms with Crippen molar-refractivity contribution < 1.29 is 9.53 Å². The topological polar surface area (TPSA) is 64.1 Å². The molecule has 1 aliphatic heterocycles. The van der Waals surface area contributed by atoms with E-state index in [1.165, 1.54) is 0 Å². The Morgan fingerprint density at radius 2 is 2.25 bits per heavy atom. The van der Waals surface area contributed by atoms with Gasteiger partial charge in [-0.2, -0.15) is 0 Å². The molecule has 20 heavy (non-hydrogen) atoms. The number of carbonyl (C=O) groups is 1. The van der Waals surface area contributed by atoms with Crippen LogP contribution in [0.2, 0.25) is 0 Å². The maximum Gasteiger partial charge on any atom is 0.270 e. The smallest absolute Gasteiger partial charge is 0.270 e. The first-order chi connectivity index (χ1) is 9.65. The van der Waals surface area contributed by atoms with Crippen LogP contribution in [-0.2, 0) is 4.74 Å². The normalized spacial score (nSPS) is 22.1. The van der Waals surface area contributed by atoms with Crippen LogP contribution in [0.25, 0.3) is 10.9 Å². The Labute approximate surface area is 124 Å². The van der Waals surface area contributed by atoms with Crippen molar-refractivity contribution in [3.05, 3.63) is 34.7 Å². The van der Waals surface area contributed by atoms with Gasteiger partial charge in [0.05, 0.1) is 29.2 Å². The summed E-state index contributed by atoms with van der Waals surface area (Å²) in [5, 5.41) is 3.87. The lowest BCUT2D eigenvalue weighted by Gasteiger charge is -2.15. The molecule has 3 rings (SSSR count). The third-order valence-electron chi connectivity index (χ3n) is 3.47. The summed E-state index contributed by atoms with van der Waals surface area (Å²) >= 11 is 3.40. The van der Waals surface area contributed by atoms with Gasteiger partial charge in [-0.25, -0.2) is 4.98 Å². The zero-order valence-electron chi connectivity index (χ0n) is 11.0. The molecule has 1 N–H and O–H groups in total. The minimum Gasteiger partial charge on any atom is -0.379 e. The number of hydrogen-bond donors (Lipinski definition) is 1. The second kappa shape index (κ2) is 5.46. The van der Waals surface area contributed by atoms with Crippen molar-refractivity contribution in [1.29, 1.82) is 0 Å². The van der Waals surface area contributed by atoms with Crippen LogP contribution >= 0.6 is 15.9 Å². The maximum absolute atomic E-state index is 12.2. The second-order valence-corrected chi connectivity index (χ2v) is 5.84. The molecular weight excluding hydrogens is 322 g/mol. The molecular formula is C14H14BrN3O2. The highest BCUT2D eigenvalue weighted by molar-refractivity contribution is 9.10. The van der Waals surface area contributed by atoms with Crippen LogP contribution in [0.1, 0.15) is 17.4 Å². The van der Waals surface area contributed by atoms with Crippen molar-refractivity contribution in [3.63, 3.8) is 0 Å². The molecule has 0 radical (unpaired) electrons. The number of nitrogens with zero attached hydrogens (tertiary/aromatic N) is 2. The molecule has 1 amide bonds. The zero-order chi connectivity index (χ0) is 14.1. The van der Waals surface area contributed by atoms with E-state index in [1.54, 1.807) is 18.5 Å². The lowest BCUT2D eigenvalue weighted by atomic mass is 10.1. The van der Waals surface area contributed by atoms with Gasteiger partial charge in [0.2, 0.25) is 0 Å². The summed E-state index contributed by atoms with van der Waals surface area (Å²) in [6, 6.07) is 3.62. The van der Waals surface area contributed by atoms with Gasteiger partial charge < -0.3 is 10.1 Å². The van der Waals surface area contributed by atoms with Crippen LogP contribution in [0.5, 0.6) is 0 Å². The number of amides is 1. The van der Waals surface area contributed by atoms with E-state index in [9.17, 15) is 4.79 Å². The largest absolute Gasteiger partial charge is 0.379 e. The number of rotatable bonds is 2. The molecule has 0 saturated carbocycles. The molecule has 2 aromatic heterocycles. The van der Waals surface area contributed by atoms with Gasteiger partial charge in [-0.1, -0.05) is 6.92 Å². The van der Waals surface area contributed by atoms with Crippen molar-refractivity contribution in [3.8, 4) is 0 Å². The van der Waals surface area contributed by atoms with Crippen molar-refractivity contribution in [2.45, 2.75) is 13.0 Å². The van der Waals surface area contributed by atoms with Gasteiger partial charge >= 0.3 is 0 Å². The third kappa shape index (κ3) is 2.53. The number of pyridine rings is 2. The summed E-state index contributed by atoms with van der Waals surface area (Å²) in [7, 11) is 0. The second-order valence-electron chi connectivity index (χ2n) is 4.98. The van der Waals surface area contributed by atoms with Gasteiger partial charge in [0.15, 0.2) is 0 Å². The van der Waals surface area contributed by atoms with Crippen molar-refractivity contribution in [2.75, 3.05) is 13.2 Å². The van der Waals surface area contributed by atoms with Crippen molar-refractivity contribution in [1.82, 2.24) is 15.3 Å². The average Bonchev–Trinajstić information content (AvgIpc) is 2.84. The summed E-state index contributed by atoms with van der Waals surface area (Å²) in [4.78, 5) is 20.7. The van der Waals surface area contributed by atoms with Gasteiger partial charge in [0, 0.05) is 23.7 Å². The SMILES string of the molecule is CC1COCC1NC(=O)c1ccc2cncc(Br)c2n1. The Morgan fingerprint density at radius 3 is 3.00 bits per heavy atom. The molecule has 6 heteroatoms. The number of nitrogens with one attached hydrogen (secondary N) is 1. The summed E-state index contributed by atoms with van der Waals surface area (Å²) < 4.78 is 6.12. The monoisotopic (exact) mass is 335 g/mol. The van der Waals surface area contributed by atoms with Crippen LogP contribution in [-0.4, -0.2) is 35.1 Å². The first-order valence-electron chi connectivity index (χ1n) is 6.44. The molecule has 2 unspecified atom stereocenters. The number of fused-ring (bicyclic) bond motifs is 1. The minimum atomic E-state index is -0.169. The Morgan fingerprint density at radius 1 is 1.40 bits per heavy atom. The quantitative estimate of drug-likeness (QED) is 0.913. The van der Waals surface area contributed by atoms with Gasteiger partial charge in [-0.3, -0.25) is 9.78 Å². The third-order valence-corrected chi connectivity index (χ3v) is 4.05. The average molecular weight is 336 g/mol. The fraction of sp³-hybridized carbons (Fsp3) is 0.357. The Balaban J connectivity index is 1.86. The Kier molecular flexibility index (Phi) is 3.67. The molecule has 3 heterocycles. The lowest BCUT2D eigenvalue weighted by Crippen LogP contribution is -2.39. The van der Waals surface area contributed by atoms with Crippen molar-refractivity contribution in [2.24, 2.45) is 5.92 Å². The molecule has 0 bridgehead atoms. The number of aromatic nitrogens is 2. The minimum absolute atomic E-state index is 0.0564. The Bertz CT molecular complexity index is 662. The first-order valence-corrected chi connectivity index (χ1v) is 7.23. The Hall–Kier alpha value is -1.53. The standard InChI is InChI=1S/C14H14BrN3O2/c1-8-6-20-7-12(8)18-14(19)11-3-2-9-4-16-5-10(15)13(9)17-11/h2-5,8,12H,6-7H2,1H3,(H,18,19). The predicted molar refractivity (Wildman–Crippen MR) is 78.5 cm³/mol. The lowest BCUT2D eigenvalue weighted by molar-refractivity contribution is 0.0921. The number of ether oxygens (including phenoxy) is 1. The van der Waals surface area contributed by atoms with Crippen molar-refractivity contribution >= 4 is 32.7 Å². The molecule has 0 aromatic carbocycles. The highest BCUT2D eigenvalue weighted by Gasteiger charge is 2.26. The van der Waals surface area contributed by atoms with Gasteiger partial charge in [-0.15, -0.1) is 0 Å². The summed E-state index contributed by atoms with van der Waals surface area (Å²) in [5.74, 6) is 0.160. The van der Waals surface area contributed by atoms with Gasteiger partial charge in [0.1, 0.15) is 5.69 Å². The van der Waals surface area contributed by atoms with E-state index in [2.05, 4.69) is 38.1 Å². The predicted octanol–water partition coefficient (Wildman–Crippen LogP) is 2.16. The molecule has 2 aromatic rings.